The van der Waals surface area contributed by atoms with Crippen LogP contribution in [0.5, 0.6) is 0 Å². The van der Waals surface area contributed by atoms with Crippen LogP contribution in [0.15, 0.2) is 41.3 Å². The van der Waals surface area contributed by atoms with Crippen LogP contribution in [0, 0.1) is 13.8 Å². The van der Waals surface area contributed by atoms with E-state index in [1.807, 2.05) is 26.0 Å². The second-order valence-electron chi connectivity index (χ2n) is 5.66. The minimum atomic E-state index is -3.74. The summed E-state index contributed by atoms with van der Waals surface area (Å²) in [6.07, 6.45) is 0. The number of aromatic nitrogens is 1. The summed E-state index contributed by atoms with van der Waals surface area (Å²) in [6, 6.07) is 9.68. The number of sulfone groups is 1. The number of rotatable bonds is 4. The summed E-state index contributed by atoms with van der Waals surface area (Å²) < 4.78 is 25.6. The molecule has 3 aromatic rings. The van der Waals surface area contributed by atoms with Crippen molar-refractivity contribution in [1.82, 2.24) is 4.98 Å². The molecule has 0 unspecified atom stereocenters. The first-order chi connectivity index (χ1) is 11.8. The zero-order valence-corrected chi connectivity index (χ0v) is 15.9. The second kappa shape index (κ2) is 6.74. The number of aryl methyl sites for hydroxylation is 2. The number of carbonyl (C=O) groups excluding carboxylic acids is 1. The molecule has 3 rings (SSSR count). The molecule has 0 spiro atoms. The van der Waals surface area contributed by atoms with E-state index in [4.69, 9.17) is 11.6 Å². The fraction of sp³-hybridized carbons (Fsp3) is 0.176. The van der Waals surface area contributed by atoms with Gasteiger partial charge in [-0.3, -0.25) is 4.79 Å². The number of fused-ring (bicyclic) bond motifs is 1. The van der Waals surface area contributed by atoms with Crippen molar-refractivity contribution in [3.63, 3.8) is 0 Å². The Morgan fingerprint density at radius 3 is 2.40 bits per heavy atom. The molecule has 0 aliphatic heterocycles. The van der Waals surface area contributed by atoms with Crippen molar-refractivity contribution in [2.24, 2.45) is 0 Å². The van der Waals surface area contributed by atoms with Crippen LogP contribution in [0.3, 0.4) is 0 Å². The number of carbonyl (C=O) groups is 1. The molecule has 1 amide bonds. The topological polar surface area (TPSA) is 76.1 Å². The van der Waals surface area contributed by atoms with Gasteiger partial charge in [0.1, 0.15) is 5.75 Å². The number of thiazole rings is 1. The minimum absolute atomic E-state index is 0.0584. The lowest BCUT2D eigenvalue weighted by molar-refractivity contribution is -0.113. The molecular weight excluding hydrogens is 380 g/mol. The number of hydrogen-bond acceptors (Lipinski definition) is 5. The van der Waals surface area contributed by atoms with Crippen molar-refractivity contribution < 1.29 is 13.2 Å². The molecule has 0 saturated heterocycles. The van der Waals surface area contributed by atoms with E-state index in [-0.39, 0.29) is 4.90 Å². The zero-order valence-electron chi connectivity index (χ0n) is 13.5. The Morgan fingerprint density at radius 1 is 1.12 bits per heavy atom. The number of hydrogen-bond donors (Lipinski definition) is 1. The number of anilines is 1. The smallest absolute Gasteiger partial charge is 0.241 e. The third-order valence-electron chi connectivity index (χ3n) is 3.68. The molecule has 0 saturated carbocycles. The fourth-order valence-corrected chi connectivity index (χ4v) is 4.65. The Bertz CT molecular complexity index is 1020. The van der Waals surface area contributed by atoms with Gasteiger partial charge in [0.2, 0.25) is 5.91 Å². The maximum Gasteiger partial charge on any atom is 0.241 e. The van der Waals surface area contributed by atoms with Crippen LogP contribution in [-0.2, 0) is 14.6 Å². The third kappa shape index (κ3) is 3.84. The van der Waals surface area contributed by atoms with E-state index >= 15 is 0 Å². The van der Waals surface area contributed by atoms with E-state index in [0.717, 1.165) is 21.3 Å². The Morgan fingerprint density at radius 2 is 1.76 bits per heavy atom. The van der Waals surface area contributed by atoms with Gasteiger partial charge >= 0.3 is 0 Å². The Labute approximate surface area is 154 Å². The van der Waals surface area contributed by atoms with E-state index in [1.54, 1.807) is 0 Å². The molecule has 0 bridgehead atoms. The van der Waals surface area contributed by atoms with Gasteiger partial charge in [0.05, 0.1) is 15.1 Å². The van der Waals surface area contributed by atoms with E-state index < -0.39 is 21.5 Å². The first-order valence-corrected chi connectivity index (χ1v) is 10.3. The molecule has 0 aliphatic carbocycles. The maximum atomic E-state index is 12.3. The largest absolute Gasteiger partial charge is 0.301 e. The van der Waals surface area contributed by atoms with Crippen molar-refractivity contribution in [3.05, 3.63) is 52.5 Å². The highest BCUT2D eigenvalue weighted by molar-refractivity contribution is 7.92. The summed E-state index contributed by atoms with van der Waals surface area (Å²) in [7, 11) is -3.74. The summed E-state index contributed by atoms with van der Waals surface area (Å²) in [5, 5.41) is 3.41. The Hall–Kier alpha value is -1.96. The number of halogens is 1. The van der Waals surface area contributed by atoms with Crippen molar-refractivity contribution in [2.75, 3.05) is 11.1 Å². The minimum Gasteiger partial charge on any atom is -0.301 e. The van der Waals surface area contributed by atoms with Gasteiger partial charge in [-0.25, -0.2) is 13.4 Å². The van der Waals surface area contributed by atoms with Crippen molar-refractivity contribution in [1.29, 1.82) is 0 Å². The van der Waals surface area contributed by atoms with Crippen LogP contribution >= 0.6 is 22.9 Å². The van der Waals surface area contributed by atoms with Crippen LogP contribution in [0.1, 0.15) is 11.1 Å². The first-order valence-electron chi connectivity index (χ1n) is 7.41. The predicted molar refractivity (Wildman–Crippen MR) is 101 cm³/mol. The molecule has 1 aromatic heterocycles. The van der Waals surface area contributed by atoms with Gasteiger partial charge in [0.25, 0.3) is 0 Å². The number of nitrogens with one attached hydrogen (secondary N) is 1. The molecule has 1 N–H and O–H groups in total. The summed E-state index contributed by atoms with van der Waals surface area (Å²) in [6.45, 7) is 3.91. The molecule has 25 heavy (non-hydrogen) atoms. The lowest BCUT2D eigenvalue weighted by atomic mass is 10.1. The lowest BCUT2D eigenvalue weighted by Crippen LogP contribution is -2.22. The van der Waals surface area contributed by atoms with E-state index in [0.29, 0.717) is 10.2 Å². The Balaban J connectivity index is 1.80. The quantitative estimate of drug-likeness (QED) is 0.726. The van der Waals surface area contributed by atoms with Gasteiger partial charge in [-0.2, -0.15) is 0 Å². The van der Waals surface area contributed by atoms with E-state index in [9.17, 15) is 13.2 Å². The van der Waals surface area contributed by atoms with Crippen LogP contribution < -0.4 is 5.32 Å². The summed E-state index contributed by atoms with van der Waals surface area (Å²) >= 11 is 7.09. The molecular formula is C17H15ClN2O3S2. The molecule has 130 valence electrons. The molecule has 8 heteroatoms. The average Bonchev–Trinajstić information content (AvgIpc) is 2.95. The van der Waals surface area contributed by atoms with E-state index in [1.165, 1.54) is 35.6 Å². The Kier molecular flexibility index (Phi) is 4.81. The van der Waals surface area contributed by atoms with Crippen molar-refractivity contribution in [3.8, 4) is 0 Å². The number of nitrogens with zero attached hydrogens (tertiary/aromatic N) is 1. The summed E-state index contributed by atoms with van der Waals surface area (Å²) in [5.74, 6) is -1.27. The third-order valence-corrected chi connectivity index (χ3v) is 6.67. The molecule has 0 fully saturated rings. The maximum absolute atomic E-state index is 12.3. The summed E-state index contributed by atoms with van der Waals surface area (Å²) in [5.41, 5.74) is 2.89. The molecule has 2 aromatic carbocycles. The van der Waals surface area contributed by atoms with E-state index in [2.05, 4.69) is 10.3 Å². The highest BCUT2D eigenvalue weighted by Crippen LogP contribution is 2.30. The van der Waals surface area contributed by atoms with Gasteiger partial charge < -0.3 is 5.32 Å². The van der Waals surface area contributed by atoms with Gasteiger partial charge in [0.15, 0.2) is 15.0 Å². The standard InChI is InChI=1S/C17H15ClN2O3S2/c1-10-3-4-11(2)16-15(10)20-17(24-16)19-14(21)9-25(22,23)13-7-5-12(18)6-8-13/h3-8H,9H2,1-2H3,(H,19,20,21). The fourth-order valence-electron chi connectivity index (χ4n) is 2.37. The normalized spacial score (nSPS) is 11.6. The van der Waals surface area contributed by atoms with Gasteiger partial charge in [0, 0.05) is 5.02 Å². The molecule has 5 nitrogen and oxygen atoms in total. The highest BCUT2D eigenvalue weighted by atomic mass is 35.5. The average molecular weight is 395 g/mol. The number of amides is 1. The predicted octanol–water partition coefficient (Wildman–Crippen LogP) is 3.98. The van der Waals surface area contributed by atoms with Crippen molar-refractivity contribution >= 4 is 54.0 Å². The SMILES string of the molecule is Cc1ccc(C)c2sc(NC(=O)CS(=O)(=O)c3ccc(Cl)cc3)nc12. The zero-order chi connectivity index (χ0) is 18.2. The highest BCUT2D eigenvalue weighted by Gasteiger charge is 2.20. The molecule has 0 atom stereocenters. The van der Waals surface area contributed by atoms with Crippen molar-refractivity contribution in [2.45, 2.75) is 18.7 Å². The second-order valence-corrected chi connectivity index (χ2v) is 9.08. The number of benzene rings is 2. The van der Waals surface area contributed by atoms with Crippen LogP contribution in [0.2, 0.25) is 5.02 Å². The monoisotopic (exact) mass is 394 g/mol. The molecule has 1 heterocycles. The molecule has 0 radical (unpaired) electrons. The summed E-state index contributed by atoms with van der Waals surface area (Å²) in [4.78, 5) is 16.6. The van der Waals surface area contributed by atoms with Crippen LogP contribution in [0.4, 0.5) is 5.13 Å². The lowest BCUT2D eigenvalue weighted by Gasteiger charge is -2.04. The van der Waals surface area contributed by atoms with Gasteiger partial charge in [-0.05, 0) is 49.2 Å². The van der Waals surface area contributed by atoms with Crippen LogP contribution in [-0.4, -0.2) is 25.1 Å². The van der Waals surface area contributed by atoms with Crippen LogP contribution in [0.25, 0.3) is 10.2 Å². The van der Waals surface area contributed by atoms with Gasteiger partial charge in [-0.1, -0.05) is 35.1 Å². The van der Waals surface area contributed by atoms with Gasteiger partial charge in [-0.15, -0.1) is 0 Å². The molecule has 0 aliphatic rings. The first kappa shape index (κ1) is 17.8.